The van der Waals surface area contributed by atoms with Gasteiger partial charge in [0, 0.05) is 12.4 Å². The predicted molar refractivity (Wildman–Crippen MR) is 61.2 cm³/mol. The van der Waals surface area contributed by atoms with Crippen molar-refractivity contribution in [3.63, 3.8) is 0 Å². The SMILES string of the molecule is COc1cccc(-c2ccncc2)c1C(F)(F)F. The zero-order valence-corrected chi connectivity index (χ0v) is 9.53. The average Bonchev–Trinajstić information content (AvgIpc) is 2.38. The summed E-state index contributed by atoms with van der Waals surface area (Å²) in [6.07, 6.45) is -1.56. The first-order valence-corrected chi connectivity index (χ1v) is 5.18. The molecule has 1 aromatic carbocycles. The summed E-state index contributed by atoms with van der Waals surface area (Å²) in [6.45, 7) is 0. The van der Waals surface area contributed by atoms with E-state index in [1.165, 1.54) is 49.8 Å². The Bertz CT molecular complexity index is 538. The topological polar surface area (TPSA) is 22.1 Å². The van der Waals surface area contributed by atoms with Crippen molar-refractivity contribution in [2.45, 2.75) is 6.18 Å². The Morgan fingerprint density at radius 1 is 1.06 bits per heavy atom. The van der Waals surface area contributed by atoms with Crippen LogP contribution >= 0.6 is 0 Å². The van der Waals surface area contributed by atoms with Crippen LogP contribution in [0.5, 0.6) is 5.75 Å². The Labute approximate surface area is 102 Å². The van der Waals surface area contributed by atoms with Gasteiger partial charge in [0.05, 0.1) is 7.11 Å². The second kappa shape index (κ2) is 4.68. The quantitative estimate of drug-likeness (QED) is 0.812. The van der Waals surface area contributed by atoms with Gasteiger partial charge in [-0.2, -0.15) is 13.2 Å². The second-order valence-corrected chi connectivity index (χ2v) is 3.62. The fourth-order valence-corrected chi connectivity index (χ4v) is 1.77. The Morgan fingerprint density at radius 2 is 1.72 bits per heavy atom. The van der Waals surface area contributed by atoms with Gasteiger partial charge < -0.3 is 4.74 Å². The molecule has 94 valence electrons. The number of alkyl halides is 3. The van der Waals surface area contributed by atoms with Crippen molar-refractivity contribution in [2.75, 3.05) is 7.11 Å². The van der Waals surface area contributed by atoms with Crippen LogP contribution in [0.4, 0.5) is 13.2 Å². The van der Waals surface area contributed by atoms with E-state index in [9.17, 15) is 13.2 Å². The molecule has 2 nitrogen and oxygen atoms in total. The van der Waals surface area contributed by atoms with Gasteiger partial charge in [0.2, 0.25) is 0 Å². The molecule has 0 aliphatic rings. The molecule has 0 amide bonds. The number of benzene rings is 1. The van der Waals surface area contributed by atoms with Gasteiger partial charge in [0.15, 0.2) is 0 Å². The van der Waals surface area contributed by atoms with Crippen molar-refractivity contribution < 1.29 is 17.9 Å². The molecule has 18 heavy (non-hydrogen) atoms. The summed E-state index contributed by atoms with van der Waals surface area (Å²) in [4.78, 5) is 3.79. The average molecular weight is 253 g/mol. The maximum atomic E-state index is 13.1. The monoisotopic (exact) mass is 253 g/mol. The summed E-state index contributed by atoms with van der Waals surface area (Å²) in [5.41, 5.74) is -0.223. The maximum Gasteiger partial charge on any atom is 0.420 e. The van der Waals surface area contributed by atoms with Crippen LogP contribution in [0, 0.1) is 0 Å². The number of pyridine rings is 1. The highest BCUT2D eigenvalue weighted by Gasteiger charge is 2.37. The zero-order valence-electron chi connectivity index (χ0n) is 9.53. The highest BCUT2D eigenvalue weighted by molar-refractivity contribution is 5.70. The molecule has 1 heterocycles. The molecule has 2 aromatic rings. The van der Waals surface area contributed by atoms with Crippen molar-refractivity contribution in [3.05, 3.63) is 48.3 Å². The summed E-state index contributed by atoms with van der Waals surface area (Å²) in [7, 11) is 1.22. The molecule has 2 rings (SSSR count). The summed E-state index contributed by atoms with van der Waals surface area (Å²) >= 11 is 0. The van der Waals surface area contributed by atoms with Gasteiger partial charge in [0.25, 0.3) is 0 Å². The number of ether oxygens (including phenoxy) is 1. The lowest BCUT2D eigenvalue weighted by Crippen LogP contribution is -2.09. The third-order valence-electron chi connectivity index (χ3n) is 2.52. The number of nitrogens with zero attached hydrogens (tertiary/aromatic N) is 1. The lowest BCUT2D eigenvalue weighted by atomic mass is 9.99. The van der Waals surface area contributed by atoms with E-state index in [0.717, 1.165) is 0 Å². The molecule has 0 atom stereocenters. The standard InChI is InChI=1S/C13H10F3NO/c1-18-11-4-2-3-10(12(11)13(14,15)16)9-5-7-17-8-6-9/h2-8H,1H3. The first-order valence-electron chi connectivity index (χ1n) is 5.18. The Hall–Kier alpha value is -2.04. The van der Waals surface area contributed by atoms with Crippen LogP contribution in [0.25, 0.3) is 11.1 Å². The number of rotatable bonds is 2. The van der Waals surface area contributed by atoms with Crippen LogP contribution in [0.1, 0.15) is 5.56 Å². The molecule has 0 saturated heterocycles. The van der Waals surface area contributed by atoms with Crippen LogP contribution in [-0.4, -0.2) is 12.1 Å². The molecule has 0 saturated carbocycles. The van der Waals surface area contributed by atoms with Crippen LogP contribution in [0.15, 0.2) is 42.7 Å². The summed E-state index contributed by atoms with van der Waals surface area (Å²) < 4.78 is 44.1. The van der Waals surface area contributed by atoms with E-state index in [2.05, 4.69) is 4.98 Å². The molecule has 0 aliphatic heterocycles. The lowest BCUT2D eigenvalue weighted by molar-refractivity contribution is -0.138. The van der Waals surface area contributed by atoms with E-state index in [4.69, 9.17) is 4.74 Å². The molecule has 0 radical (unpaired) electrons. The molecule has 0 fully saturated rings. The van der Waals surface area contributed by atoms with E-state index >= 15 is 0 Å². The molecule has 0 bridgehead atoms. The Morgan fingerprint density at radius 3 is 2.28 bits per heavy atom. The largest absolute Gasteiger partial charge is 0.496 e. The van der Waals surface area contributed by atoms with E-state index in [0.29, 0.717) is 5.56 Å². The highest BCUT2D eigenvalue weighted by atomic mass is 19.4. The third kappa shape index (κ3) is 2.30. The Kier molecular flexibility index (Phi) is 3.23. The minimum atomic E-state index is -4.47. The minimum Gasteiger partial charge on any atom is -0.496 e. The van der Waals surface area contributed by atoms with E-state index < -0.39 is 11.7 Å². The molecular formula is C13H10F3NO. The first-order chi connectivity index (χ1) is 8.54. The molecule has 0 spiro atoms. The molecule has 0 N–H and O–H groups in total. The number of hydrogen-bond acceptors (Lipinski definition) is 2. The summed E-state index contributed by atoms with van der Waals surface area (Å²) in [5, 5.41) is 0. The van der Waals surface area contributed by atoms with Crippen molar-refractivity contribution in [3.8, 4) is 16.9 Å². The van der Waals surface area contributed by atoms with Gasteiger partial charge in [0.1, 0.15) is 11.3 Å². The normalized spacial score (nSPS) is 11.3. The minimum absolute atomic E-state index is 0.0873. The molecule has 1 aromatic heterocycles. The van der Waals surface area contributed by atoms with Gasteiger partial charge in [-0.15, -0.1) is 0 Å². The van der Waals surface area contributed by atoms with Crippen molar-refractivity contribution in [1.82, 2.24) is 4.98 Å². The predicted octanol–water partition coefficient (Wildman–Crippen LogP) is 3.78. The van der Waals surface area contributed by atoms with Crippen LogP contribution < -0.4 is 4.74 Å². The Balaban J connectivity index is 2.68. The molecule has 0 aliphatic carbocycles. The van der Waals surface area contributed by atoms with Crippen molar-refractivity contribution in [1.29, 1.82) is 0 Å². The first kappa shape index (κ1) is 12.4. The number of methoxy groups -OCH3 is 1. The van der Waals surface area contributed by atoms with Gasteiger partial charge in [-0.25, -0.2) is 0 Å². The highest BCUT2D eigenvalue weighted by Crippen LogP contribution is 2.42. The van der Waals surface area contributed by atoms with Crippen LogP contribution in [0.3, 0.4) is 0 Å². The molecular weight excluding hydrogens is 243 g/mol. The number of hydrogen-bond donors (Lipinski definition) is 0. The number of halogens is 3. The number of aromatic nitrogens is 1. The van der Waals surface area contributed by atoms with Gasteiger partial charge in [-0.3, -0.25) is 4.98 Å². The van der Waals surface area contributed by atoms with Crippen LogP contribution in [-0.2, 0) is 6.18 Å². The lowest BCUT2D eigenvalue weighted by Gasteiger charge is -2.16. The molecule has 0 unspecified atom stereocenters. The van der Waals surface area contributed by atoms with Crippen LogP contribution in [0.2, 0.25) is 0 Å². The maximum absolute atomic E-state index is 13.1. The van der Waals surface area contributed by atoms with Gasteiger partial charge in [-0.05, 0) is 29.3 Å². The van der Waals surface area contributed by atoms with Gasteiger partial charge >= 0.3 is 6.18 Å². The van der Waals surface area contributed by atoms with Crippen molar-refractivity contribution >= 4 is 0 Å². The summed E-state index contributed by atoms with van der Waals surface area (Å²) in [6, 6.07) is 7.31. The zero-order chi connectivity index (χ0) is 13.2. The van der Waals surface area contributed by atoms with Gasteiger partial charge in [-0.1, -0.05) is 12.1 Å². The second-order valence-electron chi connectivity index (χ2n) is 3.62. The van der Waals surface area contributed by atoms with E-state index in [-0.39, 0.29) is 11.3 Å². The third-order valence-corrected chi connectivity index (χ3v) is 2.52. The van der Waals surface area contributed by atoms with Crippen molar-refractivity contribution in [2.24, 2.45) is 0 Å². The molecule has 5 heteroatoms. The summed E-state index contributed by atoms with van der Waals surface area (Å²) in [5.74, 6) is -0.184. The smallest absolute Gasteiger partial charge is 0.420 e. The fraction of sp³-hybridized carbons (Fsp3) is 0.154. The fourth-order valence-electron chi connectivity index (χ4n) is 1.77. The van der Waals surface area contributed by atoms with E-state index in [1.54, 1.807) is 0 Å². The van der Waals surface area contributed by atoms with E-state index in [1.807, 2.05) is 0 Å².